The number of amides is 1. The highest BCUT2D eigenvalue weighted by Crippen LogP contribution is 2.20. The number of aliphatic hydroxyl groups is 1. The number of hydrogen-bond acceptors (Lipinski definition) is 5. The van der Waals surface area contributed by atoms with Gasteiger partial charge >= 0.3 is 0 Å². The lowest BCUT2D eigenvalue weighted by molar-refractivity contribution is 0.0960. The second kappa shape index (κ2) is 7.56. The number of hydrogen-bond donors (Lipinski definition) is 2. The maximum absolute atomic E-state index is 11.9. The van der Waals surface area contributed by atoms with Crippen LogP contribution >= 0.6 is 11.3 Å². The van der Waals surface area contributed by atoms with Gasteiger partial charge in [0.1, 0.15) is 6.61 Å². The van der Waals surface area contributed by atoms with Crippen LogP contribution in [0.5, 0.6) is 0 Å². The Morgan fingerprint density at radius 3 is 2.71 bits per heavy atom. The lowest BCUT2D eigenvalue weighted by Gasteiger charge is -2.11. The molecule has 116 valence electrons. The van der Waals surface area contributed by atoms with Crippen molar-refractivity contribution in [1.82, 2.24) is 9.62 Å². The van der Waals surface area contributed by atoms with Crippen molar-refractivity contribution in [2.45, 2.75) is 6.92 Å². The maximum atomic E-state index is 11.9. The number of nitrogens with zero attached hydrogens (tertiary/aromatic N) is 1. The zero-order chi connectivity index (χ0) is 16.0. The minimum Gasteiger partial charge on any atom is -0.384 e. The van der Waals surface area contributed by atoms with Crippen LogP contribution in [0.3, 0.4) is 0 Å². The van der Waals surface area contributed by atoms with Gasteiger partial charge in [-0.25, -0.2) is 12.7 Å². The molecule has 0 aliphatic carbocycles. The molecule has 1 amide bonds. The van der Waals surface area contributed by atoms with E-state index in [1.165, 1.54) is 25.4 Å². The Kier molecular flexibility index (Phi) is 6.36. The monoisotopic (exact) mass is 330 g/mol. The van der Waals surface area contributed by atoms with Crippen LogP contribution < -0.4 is 5.32 Å². The molecule has 0 aromatic carbocycles. The summed E-state index contributed by atoms with van der Waals surface area (Å²) >= 11 is 1.22. The first-order chi connectivity index (χ1) is 9.77. The number of carbonyl (C=O) groups excluding carboxylic acids is 1. The molecular weight excluding hydrogens is 312 g/mol. The van der Waals surface area contributed by atoms with Crippen LogP contribution in [-0.4, -0.2) is 56.7 Å². The zero-order valence-corrected chi connectivity index (χ0v) is 13.8. The van der Waals surface area contributed by atoms with E-state index in [4.69, 9.17) is 5.11 Å². The van der Waals surface area contributed by atoms with E-state index in [0.29, 0.717) is 4.88 Å². The molecule has 21 heavy (non-hydrogen) atoms. The van der Waals surface area contributed by atoms with Gasteiger partial charge in [0.15, 0.2) is 0 Å². The molecule has 1 rings (SSSR count). The average Bonchev–Trinajstić information content (AvgIpc) is 2.77. The first-order valence-corrected chi connectivity index (χ1v) is 8.59. The van der Waals surface area contributed by atoms with Crippen LogP contribution in [-0.2, 0) is 10.0 Å². The molecule has 0 radical (unpaired) electrons. The fourth-order valence-electron chi connectivity index (χ4n) is 1.40. The molecule has 0 aliphatic heterocycles. The van der Waals surface area contributed by atoms with Crippen molar-refractivity contribution >= 4 is 27.3 Å². The third-order valence-corrected chi connectivity index (χ3v) is 5.61. The second-order valence-electron chi connectivity index (χ2n) is 4.44. The van der Waals surface area contributed by atoms with E-state index >= 15 is 0 Å². The van der Waals surface area contributed by atoms with Gasteiger partial charge in [0.2, 0.25) is 10.0 Å². The van der Waals surface area contributed by atoms with E-state index < -0.39 is 10.0 Å². The molecule has 0 unspecified atom stereocenters. The van der Waals surface area contributed by atoms with Crippen LogP contribution in [0.4, 0.5) is 0 Å². The standard InChI is InChI=1S/C13H18N2O4S2/c1-10-9-12(20-11(10)5-4-7-16)13(17)14-6-8-21(18,19)15(2)3/h9,16H,6-8H2,1-3H3,(H,14,17). The quantitative estimate of drug-likeness (QED) is 0.745. The van der Waals surface area contributed by atoms with E-state index in [1.807, 2.05) is 6.92 Å². The van der Waals surface area contributed by atoms with E-state index in [-0.39, 0.29) is 24.8 Å². The predicted octanol–water partition coefficient (Wildman–Crippen LogP) is 0.0215. The summed E-state index contributed by atoms with van der Waals surface area (Å²) in [6.45, 7) is 1.64. The first-order valence-electron chi connectivity index (χ1n) is 6.16. The summed E-state index contributed by atoms with van der Waals surface area (Å²) in [6.07, 6.45) is 0. The van der Waals surface area contributed by atoms with Crippen molar-refractivity contribution in [3.63, 3.8) is 0 Å². The molecule has 0 saturated carbocycles. The fraction of sp³-hybridized carbons (Fsp3) is 0.462. The Bertz CT molecular complexity index is 666. The molecule has 0 aliphatic rings. The van der Waals surface area contributed by atoms with E-state index in [2.05, 4.69) is 17.2 Å². The van der Waals surface area contributed by atoms with Gasteiger partial charge in [0, 0.05) is 20.6 Å². The lowest BCUT2D eigenvalue weighted by atomic mass is 10.2. The highest BCUT2D eigenvalue weighted by molar-refractivity contribution is 7.89. The number of aliphatic hydroxyl groups excluding tert-OH is 1. The Hall–Kier alpha value is -1.40. The van der Waals surface area contributed by atoms with Crippen LogP contribution in [0, 0.1) is 18.8 Å². The smallest absolute Gasteiger partial charge is 0.261 e. The molecule has 6 nitrogen and oxygen atoms in total. The fourth-order valence-corrected chi connectivity index (χ4v) is 3.09. The predicted molar refractivity (Wildman–Crippen MR) is 82.8 cm³/mol. The average molecular weight is 330 g/mol. The summed E-state index contributed by atoms with van der Waals surface area (Å²) < 4.78 is 24.2. The molecular formula is C13H18N2O4S2. The van der Waals surface area contributed by atoms with Crippen molar-refractivity contribution in [1.29, 1.82) is 0 Å². The van der Waals surface area contributed by atoms with E-state index in [0.717, 1.165) is 14.7 Å². The van der Waals surface area contributed by atoms with Crippen LogP contribution in [0.25, 0.3) is 0 Å². The van der Waals surface area contributed by atoms with Gasteiger partial charge in [-0.1, -0.05) is 11.8 Å². The maximum Gasteiger partial charge on any atom is 0.261 e. The lowest BCUT2D eigenvalue weighted by Crippen LogP contribution is -2.33. The summed E-state index contributed by atoms with van der Waals surface area (Å²) in [4.78, 5) is 13.1. The van der Waals surface area contributed by atoms with Gasteiger partial charge < -0.3 is 10.4 Å². The summed E-state index contributed by atoms with van der Waals surface area (Å²) in [5.74, 6) is 4.83. The third-order valence-electron chi connectivity index (χ3n) is 2.62. The second-order valence-corrected chi connectivity index (χ2v) is 7.79. The Morgan fingerprint density at radius 2 is 2.14 bits per heavy atom. The number of carbonyl (C=O) groups is 1. The number of aryl methyl sites for hydroxylation is 1. The van der Waals surface area contributed by atoms with Crippen LogP contribution in [0.15, 0.2) is 6.07 Å². The van der Waals surface area contributed by atoms with Crippen LogP contribution in [0.1, 0.15) is 20.1 Å². The zero-order valence-electron chi connectivity index (χ0n) is 12.1. The molecule has 0 bridgehead atoms. The molecule has 1 aromatic heterocycles. The summed E-state index contributed by atoms with van der Waals surface area (Å²) in [7, 11) is -0.419. The molecule has 0 atom stereocenters. The molecule has 0 saturated heterocycles. The third kappa shape index (κ3) is 5.13. The number of rotatable bonds is 5. The molecule has 2 N–H and O–H groups in total. The molecule has 0 spiro atoms. The molecule has 0 fully saturated rings. The number of nitrogens with one attached hydrogen (secondary N) is 1. The SMILES string of the molecule is Cc1cc(C(=O)NCCS(=O)(=O)N(C)C)sc1C#CCO. The Labute approximate surface area is 128 Å². The Morgan fingerprint density at radius 1 is 1.48 bits per heavy atom. The van der Waals surface area contributed by atoms with Crippen molar-refractivity contribution < 1.29 is 18.3 Å². The summed E-state index contributed by atoms with van der Waals surface area (Å²) in [5.41, 5.74) is 0.854. The van der Waals surface area contributed by atoms with Crippen molar-refractivity contribution in [2.24, 2.45) is 0 Å². The van der Waals surface area contributed by atoms with Gasteiger partial charge in [-0.2, -0.15) is 0 Å². The van der Waals surface area contributed by atoms with Crippen molar-refractivity contribution in [3.05, 3.63) is 21.4 Å². The van der Waals surface area contributed by atoms with E-state index in [9.17, 15) is 13.2 Å². The highest BCUT2D eigenvalue weighted by atomic mass is 32.2. The summed E-state index contributed by atoms with van der Waals surface area (Å²) in [6, 6.07) is 1.70. The minimum atomic E-state index is -3.32. The molecule has 8 heteroatoms. The van der Waals surface area contributed by atoms with Gasteiger partial charge in [0.25, 0.3) is 5.91 Å². The van der Waals surface area contributed by atoms with E-state index in [1.54, 1.807) is 6.07 Å². The van der Waals surface area contributed by atoms with Gasteiger partial charge in [-0.15, -0.1) is 11.3 Å². The summed E-state index contributed by atoms with van der Waals surface area (Å²) in [5, 5.41) is 11.2. The van der Waals surface area contributed by atoms with Crippen molar-refractivity contribution in [2.75, 3.05) is 33.0 Å². The topological polar surface area (TPSA) is 86.7 Å². The van der Waals surface area contributed by atoms with Crippen LogP contribution in [0.2, 0.25) is 0 Å². The largest absolute Gasteiger partial charge is 0.384 e. The van der Waals surface area contributed by atoms with Gasteiger partial charge in [-0.3, -0.25) is 4.79 Å². The first kappa shape index (κ1) is 17.7. The number of sulfonamides is 1. The van der Waals surface area contributed by atoms with Gasteiger partial charge in [0.05, 0.1) is 15.5 Å². The highest BCUT2D eigenvalue weighted by Gasteiger charge is 2.15. The Balaban J connectivity index is 2.65. The van der Waals surface area contributed by atoms with Gasteiger partial charge in [-0.05, 0) is 18.6 Å². The van der Waals surface area contributed by atoms with Crippen molar-refractivity contribution in [3.8, 4) is 11.8 Å². The normalized spacial score (nSPS) is 11.1. The molecule has 1 heterocycles. The minimum absolute atomic E-state index is 0.0495. The number of thiophene rings is 1. The molecule has 1 aromatic rings.